The molecule has 0 spiro atoms. The van der Waals surface area contributed by atoms with Crippen molar-refractivity contribution in [3.8, 4) is 23.0 Å². The van der Waals surface area contributed by atoms with Gasteiger partial charge < -0.3 is 23.8 Å². The summed E-state index contributed by atoms with van der Waals surface area (Å²) in [5.41, 5.74) is 0.758. The van der Waals surface area contributed by atoms with Crippen molar-refractivity contribution in [1.29, 1.82) is 0 Å². The van der Waals surface area contributed by atoms with E-state index in [2.05, 4.69) is 0 Å². The number of likely N-dealkylation sites (N-methyl/N-ethyl adjacent to an activating group) is 1. The normalized spacial score (nSPS) is 10.6. The zero-order valence-electron chi connectivity index (χ0n) is 16.4. The van der Waals surface area contributed by atoms with E-state index in [1.54, 1.807) is 75.8 Å². The number of hydrogen-bond donors (Lipinski definition) is 0. The zero-order chi connectivity index (χ0) is 20.5. The third-order valence-electron chi connectivity index (χ3n) is 3.99. The molecule has 0 saturated heterocycles. The third kappa shape index (κ3) is 5.82. The largest absolute Gasteiger partial charge is 0.493 e. The van der Waals surface area contributed by atoms with Crippen molar-refractivity contribution in [1.82, 2.24) is 4.90 Å². The fourth-order valence-corrected chi connectivity index (χ4v) is 2.56. The molecule has 28 heavy (non-hydrogen) atoms. The molecule has 0 aliphatic rings. The van der Waals surface area contributed by atoms with Crippen molar-refractivity contribution < 1.29 is 23.7 Å². The molecule has 6 nitrogen and oxygen atoms in total. The number of rotatable bonds is 9. The highest BCUT2D eigenvalue weighted by Crippen LogP contribution is 2.38. The maximum absolute atomic E-state index is 12.3. The van der Waals surface area contributed by atoms with Gasteiger partial charge in [0.25, 0.3) is 0 Å². The molecule has 7 heteroatoms. The molecule has 150 valence electrons. The summed E-state index contributed by atoms with van der Waals surface area (Å²) in [4.78, 5) is 13.9. The summed E-state index contributed by atoms with van der Waals surface area (Å²) in [6.07, 6.45) is 3.19. The highest BCUT2D eigenvalue weighted by Gasteiger charge is 2.12. The van der Waals surface area contributed by atoms with Gasteiger partial charge in [-0.15, -0.1) is 0 Å². The Morgan fingerprint density at radius 3 is 2.18 bits per heavy atom. The Kier molecular flexibility index (Phi) is 8.02. The number of hydrogen-bond acceptors (Lipinski definition) is 5. The predicted molar refractivity (Wildman–Crippen MR) is 110 cm³/mol. The lowest BCUT2D eigenvalue weighted by Gasteiger charge is -2.16. The highest BCUT2D eigenvalue weighted by atomic mass is 35.5. The molecular weight excluding hydrogens is 382 g/mol. The Morgan fingerprint density at radius 2 is 1.64 bits per heavy atom. The fourth-order valence-electron chi connectivity index (χ4n) is 2.43. The van der Waals surface area contributed by atoms with Gasteiger partial charge in [0.15, 0.2) is 11.5 Å². The Balaban J connectivity index is 1.95. The van der Waals surface area contributed by atoms with Crippen LogP contribution in [-0.4, -0.2) is 52.3 Å². The molecule has 0 radical (unpaired) electrons. The maximum atomic E-state index is 12.3. The van der Waals surface area contributed by atoms with Crippen LogP contribution in [0.15, 0.2) is 42.5 Å². The van der Waals surface area contributed by atoms with Crippen LogP contribution in [0.5, 0.6) is 23.0 Å². The Morgan fingerprint density at radius 1 is 1.04 bits per heavy atom. The van der Waals surface area contributed by atoms with Gasteiger partial charge in [-0.2, -0.15) is 0 Å². The van der Waals surface area contributed by atoms with E-state index < -0.39 is 0 Å². The van der Waals surface area contributed by atoms with Gasteiger partial charge in [-0.05, 0) is 48.0 Å². The van der Waals surface area contributed by atoms with Crippen molar-refractivity contribution in [2.45, 2.75) is 0 Å². The molecule has 0 aliphatic carbocycles. The van der Waals surface area contributed by atoms with E-state index >= 15 is 0 Å². The lowest BCUT2D eigenvalue weighted by Crippen LogP contribution is -2.29. The Bertz CT molecular complexity index is 795. The van der Waals surface area contributed by atoms with E-state index in [1.165, 1.54) is 6.08 Å². The zero-order valence-corrected chi connectivity index (χ0v) is 17.2. The van der Waals surface area contributed by atoms with Gasteiger partial charge in [0.2, 0.25) is 11.7 Å². The highest BCUT2D eigenvalue weighted by molar-refractivity contribution is 6.30. The van der Waals surface area contributed by atoms with Gasteiger partial charge in [0.1, 0.15) is 12.4 Å². The van der Waals surface area contributed by atoms with Crippen LogP contribution in [0.4, 0.5) is 0 Å². The van der Waals surface area contributed by atoms with Gasteiger partial charge in [-0.3, -0.25) is 4.79 Å². The van der Waals surface area contributed by atoms with Crippen LogP contribution in [-0.2, 0) is 4.79 Å². The van der Waals surface area contributed by atoms with Crippen LogP contribution in [0.1, 0.15) is 5.56 Å². The van der Waals surface area contributed by atoms with E-state index in [1.807, 2.05) is 0 Å². The topological polar surface area (TPSA) is 57.2 Å². The van der Waals surface area contributed by atoms with E-state index in [0.29, 0.717) is 41.2 Å². The predicted octanol–water partition coefficient (Wildman–Crippen LogP) is 3.92. The van der Waals surface area contributed by atoms with E-state index in [4.69, 9.17) is 30.5 Å². The lowest BCUT2D eigenvalue weighted by atomic mass is 10.1. The first-order valence-electron chi connectivity index (χ1n) is 8.60. The summed E-state index contributed by atoms with van der Waals surface area (Å²) in [6, 6.07) is 10.6. The van der Waals surface area contributed by atoms with Crippen molar-refractivity contribution in [2.24, 2.45) is 0 Å². The van der Waals surface area contributed by atoms with Crippen LogP contribution in [0.2, 0.25) is 5.02 Å². The molecule has 0 atom stereocenters. The first-order chi connectivity index (χ1) is 13.5. The quantitative estimate of drug-likeness (QED) is 0.592. The van der Waals surface area contributed by atoms with Crippen molar-refractivity contribution in [3.63, 3.8) is 0 Å². The number of ether oxygens (including phenoxy) is 4. The number of nitrogens with zero attached hydrogens (tertiary/aromatic N) is 1. The van der Waals surface area contributed by atoms with E-state index in [0.717, 1.165) is 5.56 Å². The van der Waals surface area contributed by atoms with Gasteiger partial charge in [0, 0.05) is 18.1 Å². The Hall–Kier alpha value is -2.86. The molecule has 0 unspecified atom stereocenters. The second kappa shape index (κ2) is 10.5. The lowest BCUT2D eigenvalue weighted by molar-refractivity contribution is -0.125. The molecule has 2 aromatic carbocycles. The average molecular weight is 406 g/mol. The minimum atomic E-state index is -0.145. The standard InChI is InChI=1S/C21H24ClNO5/c1-23(11-12-28-17-8-6-16(22)7-9-17)20(24)10-5-15-13-18(25-2)21(27-4)19(14-15)26-3/h5-10,13-14H,11-12H2,1-4H3/b10-5+. The first-order valence-corrected chi connectivity index (χ1v) is 8.97. The number of amides is 1. The molecule has 0 aliphatic heterocycles. The van der Waals surface area contributed by atoms with Crippen LogP contribution in [0.3, 0.4) is 0 Å². The number of carbonyl (C=O) groups is 1. The van der Waals surface area contributed by atoms with Crippen LogP contribution >= 0.6 is 11.6 Å². The number of halogens is 1. The molecule has 0 saturated carbocycles. The summed E-state index contributed by atoms with van der Waals surface area (Å²) in [5, 5.41) is 0.650. The average Bonchev–Trinajstić information content (AvgIpc) is 2.72. The molecule has 1 amide bonds. The van der Waals surface area contributed by atoms with E-state index in [9.17, 15) is 4.79 Å². The molecule has 0 heterocycles. The molecule has 0 aromatic heterocycles. The number of benzene rings is 2. The summed E-state index contributed by atoms with van der Waals surface area (Å²) in [7, 11) is 6.35. The van der Waals surface area contributed by atoms with Gasteiger partial charge in [0.05, 0.1) is 27.9 Å². The van der Waals surface area contributed by atoms with Crippen molar-refractivity contribution in [3.05, 3.63) is 53.1 Å². The van der Waals surface area contributed by atoms with E-state index in [-0.39, 0.29) is 5.91 Å². The van der Waals surface area contributed by atoms with Crippen LogP contribution < -0.4 is 18.9 Å². The molecular formula is C21H24ClNO5. The molecule has 2 rings (SSSR count). The monoisotopic (exact) mass is 405 g/mol. The second-order valence-corrected chi connectivity index (χ2v) is 6.29. The molecule has 0 bridgehead atoms. The van der Waals surface area contributed by atoms with Gasteiger partial charge in [-0.25, -0.2) is 0 Å². The van der Waals surface area contributed by atoms with Crippen LogP contribution in [0, 0.1) is 0 Å². The minimum absolute atomic E-state index is 0.145. The Labute approximate surface area is 170 Å². The fraction of sp³-hybridized carbons (Fsp3) is 0.286. The van der Waals surface area contributed by atoms with Crippen molar-refractivity contribution >= 4 is 23.6 Å². The third-order valence-corrected chi connectivity index (χ3v) is 4.24. The summed E-state index contributed by atoms with van der Waals surface area (Å²) >= 11 is 5.84. The second-order valence-electron chi connectivity index (χ2n) is 5.85. The SMILES string of the molecule is COc1cc(/C=C/C(=O)N(C)CCOc2ccc(Cl)cc2)cc(OC)c1OC. The van der Waals surface area contributed by atoms with Crippen molar-refractivity contribution in [2.75, 3.05) is 41.5 Å². The minimum Gasteiger partial charge on any atom is -0.493 e. The van der Waals surface area contributed by atoms with Crippen LogP contribution in [0.25, 0.3) is 6.08 Å². The van der Waals surface area contributed by atoms with Gasteiger partial charge >= 0.3 is 0 Å². The number of methoxy groups -OCH3 is 3. The molecule has 0 fully saturated rings. The molecule has 2 aromatic rings. The number of carbonyl (C=O) groups excluding carboxylic acids is 1. The summed E-state index contributed by atoms with van der Waals surface area (Å²) in [5.74, 6) is 2.12. The smallest absolute Gasteiger partial charge is 0.246 e. The summed E-state index contributed by atoms with van der Waals surface area (Å²) < 4.78 is 21.5. The van der Waals surface area contributed by atoms with Gasteiger partial charge in [-0.1, -0.05) is 11.6 Å². The summed E-state index contributed by atoms with van der Waals surface area (Å²) in [6.45, 7) is 0.822. The molecule has 0 N–H and O–H groups in total. The maximum Gasteiger partial charge on any atom is 0.246 e. The first kappa shape index (κ1) is 21.4.